The zero-order chi connectivity index (χ0) is 13.0. The highest BCUT2D eigenvalue weighted by Crippen LogP contribution is 2.20. The van der Waals surface area contributed by atoms with Crippen LogP contribution in [0.15, 0.2) is 18.2 Å². The molecule has 1 heterocycles. The SMILES string of the molecule is NCCCCn1nnnc1-c1ccc(F)cc1F. The van der Waals surface area contributed by atoms with Crippen molar-refractivity contribution < 1.29 is 8.78 Å². The van der Waals surface area contributed by atoms with Crippen LogP contribution < -0.4 is 5.73 Å². The van der Waals surface area contributed by atoms with Crippen molar-refractivity contribution in [1.82, 2.24) is 20.2 Å². The normalized spacial score (nSPS) is 10.8. The lowest BCUT2D eigenvalue weighted by atomic mass is 10.2. The third-order valence-corrected chi connectivity index (χ3v) is 2.53. The molecule has 0 aliphatic rings. The first-order valence-corrected chi connectivity index (χ1v) is 5.64. The van der Waals surface area contributed by atoms with E-state index in [0.29, 0.717) is 18.9 Å². The van der Waals surface area contributed by atoms with Gasteiger partial charge in [0.15, 0.2) is 5.82 Å². The largest absolute Gasteiger partial charge is 0.330 e. The van der Waals surface area contributed by atoms with Crippen molar-refractivity contribution in [1.29, 1.82) is 0 Å². The van der Waals surface area contributed by atoms with Gasteiger partial charge in [-0.15, -0.1) is 5.10 Å². The van der Waals surface area contributed by atoms with Crippen LogP contribution in [0.2, 0.25) is 0 Å². The summed E-state index contributed by atoms with van der Waals surface area (Å²) in [5.74, 6) is -1.01. The van der Waals surface area contributed by atoms with Gasteiger partial charge in [0, 0.05) is 12.6 Å². The van der Waals surface area contributed by atoms with E-state index in [-0.39, 0.29) is 5.56 Å². The fraction of sp³-hybridized carbons (Fsp3) is 0.364. The number of tetrazole rings is 1. The summed E-state index contributed by atoms with van der Waals surface area (Å²) in [6, 6.07) is 3.32. The standard InChI is InChI=1S/C11H13F2N5/c12-8-3-4-9(10(13)7-8)11-15-16-17-18(11)6-2-1-5-14/h3-4,7H,1-2,5-6,14H2. The van der Waals surface area contributed by atoms with Crippen molar-refractivity contribution in [3.05, 3.63) is 29.8 Å². The molecule has 0 fully saturated rings. The fourth-order valence-corrected chi connectivity index (χ4v) is 1.62. The summed E-state index contributed by atoms with van der Waals surface area (Å²) in [5.41, 5.74) is 5.58. The Balaban J connectivity index is 2.25. The number of nitrogens with two attached hydrogens (primary N) is 1. The number of aryl methyl sites for hydroxylation is 1. The minimum atomic E-state index is -0.676. The van der Waals surface area contributed by atoms with Gasteiger partial charge in [0.05, 0.1) is 5.56 Å². The first kappa shape index (κ1) is 12.6. The second-order valence-electron chi connectivity index (χ2n) is 3.85. The summed E-state index contributed by atoms with van der Waals surface area (Å²) in [4.78, 5) is 0. The van der Waals surface area contributed by atoms with E-state index in [1.54, 1.807) is 0 Å². The smallest absolute Gasteiger partial charge is 0.184 e. The minimum Gasteiger partial charge on any atom is -0.330 e. The van der Waals surface area contributed by atoms with Crippen LogP contribution in [-0.4, -0.2) is 26.8 Å². The maximum Gasteiger partial charge on any atom is 0.184 e. The third-order valence-electron chi connectivity index (χ3n) is 2.53. The molecule has 18 heavy (non-hydrogen) atoms. The van der Waals surface area contributed by atoms with Crippen LogP contribution >= 0.6 is 0 Å². The zero-order valence-electron chi connectivity index (χ0n) is 9.68. The number of nitrogens with zero attached hydrogens (tertiary/aromatic N) is 4. The molecule has 0 amide bonds. The maximum atomic E-state index is 13.6. The summed E-state index contributed by atoms with van der Waals surface area (Å²) in [6.45, 7) is 1.14. The van der Waals surface area contributed by atoms with Crippen molar-refractivity contribution in [2.45, 2.75) is 19.4 Å². The molecule has 0 saturated carbocycles. The lowest BCUT2D eigenvalue weighted by molar-refractivity contribution is 0.544. The number of hydrogen-bond acceptors (Lipinski definition) is 4. The average Bonchev–Trinajstić information content (AvgIpc) is 2.78. The molecular weight excluding hydrogens is 240 g/mol. The van der Waals surface area contributed by atoms with E-state index < -0.39 is 11.6 Å². The van der Waals surface area contributed by atoms with Gasteiger partial charge in [-0.3, -0.25) is 0 Å². The lowest BCUT2D eigenvalue weighted by Crippen LogP contribution is -2.06. The molecular formula is C11H13F2N5. The number of halogens is 2. The third kappa shape index (κ3) is 2.67. The van der Waals surface area contributed by atoms with E-state index in [1.807, 2.05) is 0 Å². The molecule has 0 bridgehead atoms. The fourth-order valence-electron chi connectivity index (χ4n) is 1.62. The Morgan fingerprint density at radius 2 is 2.06 bits per heavy atom. The molecule has 96 valence electrons. The Morgan fingerprint density at radius 3 is 2.78 bits per heavy atom. The van der Waals surface area contributed by atoms with E-state index in [0.717, 1.165) is 18.9 Å². The van der Waals surface area contributed by atoms with E-state index >= 15 is 0 Å². The number of unbranched alkanes of at least 4 members (excludes halogenated alkanes) is 1. The Kier molecular flexibility index (Phi) is 3.93. The van der Waals surface area contributed by atoms with Gasteiger partial charge < -0.3 is 5.73 Å². The summed E-state index contributed by atoms with van der Waals surface area (Å²) < 4.78 is 27.9. The quantitative estimate of drug-likeness (QED) is 0.817. The highest BCUT2D eigenvalue weighted by atomic mass is 19.1. The van der Waals surface area contributed by atoms with E-state index in [4.69, 9.17) is 5.73 Å². The second-order valence-corrected chi connectivity index (χ2v) is 3.85. The predicted molar refractivity (Wildman–Crippen MR) is 61.5 cm³/mol. The molecule has 0 atom stereocenters. The van der Waals surface area contributed by atoms with Crippen LogP contribution in [0, 0.1) is 11.6 Å². The zero-order valence-corrected chi connectivity index (χ0v) is 9.68. The topological polar surface area (TPSA) is 69.6 Å². The van der Waals surface area contributed by atoms with Gasteiger partial charge in [0.2, 0.25) is 0 Å². The van der Waals surface area contributed by atoms with Gasteiger partial charge >= 0.3 is 0 Å². The summed E-state index contributed by atoms with van der Waals surface area (Å²) in [6.07, 6.45) is 1.64. The van der Waals surface area contributed by atoms with E-state index in [9.17, 15) is 8.78 Å². The number of benzene rings is 1. The van der Waals surface area contributed by atoms with E-state index in [1.165, 1.54) is 16.8 Å². The summed E-state index contributed by atoms with van der Waals surface area (Å²) in [7, 11) is 0. The minimum absolute atomic E-state index is 0.189. The highest BCUT2D eigenvalue weighted by Gasteiger charge is 2.13. The molecule has 5 nitrogen and oxygen atoms in total. The molecule has 2 N–H and O–H groups in total. The molecule has 0 spiro atoms. The van der Waals surface area contributed by atoms with Crippen molar-refractivity contribution in [2.24, 2.45) is 5.73 Å². The number of hydrogen-bond donors (Lipinski definition) is 1. The van der Waals surface area contributed by atoms with Crippen LogP contribution in [-0.2, 0) is 6.54 Å². The van der Waals surface area contributed by atoms with Crippen molar-refractivity contribution in [2.75, 3.05) is 6.54 Å². The second kappa shape index (κ2) is 5.63. The van der Waals surface area contributed by atoms with Crippen LogP contribution in [0.4, 0.5) is 8.78 Å². The molecule has 0 saturated heterocycles. The predicted octanol–water partition coefficient (Wildman–Crippen LogP) is 1.36. The van der Waals surface area contributed by atoms with Gasteiger partial charge in [0.1, 0.15) is 11.6 Å². The Morgan fingerprint density at radius 1 is 1.22 bits per heavy atom. The number of aromatic nitrogens is 4. The van der Waals surface area contributed by atoms with Gasteiger partial charge in [0.25, 0.3) is 0 Å². The molecule has 0 aliphatic carbocycles. The maximum absolute atomic E-state index is 13.6. The Bertz CT molecular complexity index is 526. The highest BCUT2D eigenvalue weighted by molar-refractivity contribution is 5.55. The molecule has 2 rings (SSSR count). The van der Waals surface area contributed by atoms with Gasteiger partial charge in [-0.05, 0) is 41.9 Å². The molecule has 0 aliphatic heterocycles. The summed E-state index contributed by atoms with van der Waals surface area (Å²) >= 11 is 0. The van der Waals surface area contributed by atoms with Gasteiger partial charge in [-0.2, -0.15) is 0 Å². The Labute approximate surface area is 103 Å². The molecule has 0 unspecified atom stereocenters. The number of rotatable bonds is 5. The molecule has 7 heteroatoms. The van der Waals surface area contributed by atoms with Crippen LogP contribution in [0.3, 0.4) is 0 Å². The average molecular weight is 253 g/mol. The van der Waals surface area contributed by atoms with Crippen LogP contribution in [0.1, 0.15) is 12.8 Å². The monoisotopic (exact) mass is 253 g/mol. The van der Waals surface area contributed by atoms with Crippen molar-refractivity contribution in [3.63, 3.8) is 0 Å². The molecule has 2 aromatic rings. The first-order valence-electron chi connectivity index (χ1n) is 5.64. The van der Waals surface area contributed by atoms with Crippen LogP contribution in [0.5, 0.6) is 0 Å². The van der Waals surface area contributed by atoms with Crippen LogP contribution in [0.25, 0.3) is 11.4 Å². The van der Waals surface area contributed by atoms with Crippen molar-refractivity contribution >= 4 is 0 Å². The van der Waals surface area contributed by atoms with Crippen molar-refractivity contribution in [3.8, 4) is 11.4 Å². The first-order chi connectivity index (χ1) is 8.72. The van der Waals surface area contributed by atoms with Gasteiger partial charge in [-0.25, -0.2) is 13.5 Å². The molecule has 0 radical (unpaired) electrons. The van der Waals surface area contributed by atoms with Gasteiger partial charge in [-0.1, -0.05) is 0 Å². The molecule has 1 aromatic heterocycles. The summed E-state index contributed by atoms with van der Waals surface area (Å²) in [5, 5.41) is 11.1. The molecule has 1 aromatic carbocycles. The van der Waals surface area contributed by atoms with E-state index in [2.05, 4.69) is 15.5 Å². The lowest BCUT2D eigenvalue weighted by Gasteiger charge is -2.05. The Hall–Kier alpha value is -1.89.